The lowest BCUT2D eigenvalue weighted by atomic mass is 9.79. The van der Waals surface area contributed by atoms with Crippen molar-refractivity contribution in [3.8, 4) is 0 Å². The fraction of sp³-hybridized carbons (Fsp3) is 0.579. The lowest BCUT2D eigenvalue weighted by Crippen LogP contribution is -2.53. The molecule has 0 radical (unpaired) electrons. The highest BCUT2D eigenvalue weighted by molar-refractivity contribution is 5.97. The molecule has 1 aliphatic rings. The second-order valence-electron chi connectivity index (χ2n) is 8.21. The molecule has 1 aromatic heterocycles. The fourth-order valence-corrected chi connectivity index (χ4v) is 3.68. The molecule has 2 N–H and O–H groups in total. The van der Waals surface area contributed by atoms with Crippen molar-refractivity contribution in [2.45, 2.75) is 52.4 Å². The Balaban J connectivity index is 0.00000210. The Kier molecular flexibility index (Phi) is 7.65. The average Bonchev–Trinajstić information content (AvgIpc) is 2.95. The molecule has 5 nitrogen and oxygen atoms in total. The smallest absolute Gasteiger partial charge is 0.338 e. The third-order valence-corrected chi connectivity index (χ3v) is 5.31. The largest absolute Gasteiger partial charge is 0.449 e. The molecule has 1 aliphatic heterocycles. The van der Waals surface area contributed by atoms with Crippen LogP contribution in [0.3, 0.4) is 0 Å². The number of fused-ring (bicyclic) bond motifs is 1. The molecule has 2 aromatic rings. The minimum atomic E-state index is -4.56. The van der Waals surface area contributed by atoms with Gasteiger partial charge in [-0.3, -0.25) is 4.79 Å². The second kappa shape index (κ2) is 8.70. The molecule has 0 bridgehead atoms. The number of benzene rings is 1. The Bertz CT molecular complexity index is 880. The van der Waals surface area contributed by atoms with Crippen LogP contribution in [0.2, 0.25) is 0 Å². The Morgan fingerprint density at radius 1 is 1.28 bits per heavy atom. The van der Waals surface area contributed by atoms with Crippen LogP contribution in [-0.2, 0) is 6.18 Å². The average molecular weight is 455 g/mol. The van der Waals surface area contributed by atoms with Crippen LogP contribution >= 0.6 is 24.8 Å². The molecular weight excluding hydrogens is 428 g/mol. The van der Waals surface area contributed by atoms with Crippen molar-refractivity contribution in [2.75, 3.05) is 13.1 Å². The summed E-state index contributed by atoms with van der Waals surface area (Å²) >= 11 is 0. The number of hydrogen-bond donors (Lipinski definition) is 1. The molecule has 1 fully saturated rings. The van der Waals surface area contributed by atoms with E-state index in [2.05, 4.69) is 4.98 Å². The first kappa shape index (κ1) is 25.5. The van der Waals surface area contributed by atoms with Gasteiger partial charge in [-0.05, 0) is 43.9 Å². The van der Waals surface area contributed by atoms with Gasteiger partial charge in [-0.25, -0.2) is 4.98 Å². The number of piperidine rings is 1. The van der Waals surface area contributed by atoms with E-state index in [1.807, 2.05) is 13.8 Å². The zero-order valence-electron chi connectivity index (χ0n) is 16.8. The molecule has 10 heteroatoms. The SMILES string of the molecule is CC(C)n1c(C(F)(F)F)nc2cc(C(=O)N3CCC(N)C(C)(C)C3)ccc21.Cl.Cl. The van der Waals surface area contributed by atoms with E-state index < -0.39 is 18.0 Å². The van der Waals surface area contributed by atoms with Crippen LogP contribution in [0.15, 0.2) is 18.2 Å². The first-order valence-electron chi connectivity index (χ1n) is 9.06. The maximum Gasteiger partial charge on any atom is 0.449 e. The van der Waals surface area contributed by atoms with Crippen LogP contribution in [0.4, 0.5) is 13.2 Å². The van der Waals surface area contributed by atoms with Crippen molar-refractivity contribution in [1.82, 2.24) is 14.5 Å². The van der Waals surface area contributed by atoms with Gasteiger partial charge >= 0.3 is 6.18 Å². The van der Waals surface area contributed by atoms with Gasteiger partial charge in [0.15, 0.2) is 0 Å². The van der Waals surface area contributed by atoms with Crippen LogP contribution < -0.4 is 5.73 Å². The standard InChI is InChI=1S/C19H25F3N4O.2ClH/c1-11(2)26-14-6-5-12(9-13(14)24-17(26)19(20,21)22)16(27)25-8-7-15(23)18(3,4)10-25;;/h5-6,9,11,15H,7-8,10,23H2,1-4H3;2*1H. The van der Waals surface area contributed by atoms with Crippen molar-refractivity contribution < 1.29 is 18.0 Å². The maximum atomic E-state index is 13.3. The molecular formula is C19H27Cl2F3N4O. The number of amides is 1. The minimum absolute atomic E-state index is 0. The van der Waals surface area contributed by atoms with Crippen molar-refractivity contribution in [1.29, 1.82) is 0 Å². The van der Waals surface area contributed by atoms with E-state index in [-0.39, 0.29) is 47.7 Å². The number of likely N-dealkylation sites (tertiary alicyclic amines) is 1. The summed E-state index contributed by atoms with van der Waals surface area (Å²) in [5.74, 6) is -1.15. The Morgan fingerprint density at radius 2 is 1.90 bits per heavy atom. The van der Waals surface area contributed by atoms with Crippen molar-refractivity contribution in [2.24, 2.45) is 11.1 Å². The zero-order chi connectivity index (χ0) is 20.1. The summed E-state index contributed by atoms with van der Waals surface area (Å²) in [7, 11) is 0. The molecule has 0 aliphatic carbocycles. The fourth-order valence-electron chi connectivity index (χ4n) is 3.68. The van der Waals surface area contributed by atoms with Gasteiger partial charge in [-0.2, -0.15) is 13.2 Å². The van der Waals surface area contributed by atoms with E-state index in [1.165, 1.54) is 6.07 Å². The number of imidazole rings is 1. The van der Waals surface area contributed by atoms with Gasteiger partial charge in [-0.15, -0.1) is 24.8 Å². The summed E-state index contributed by atoms with van der Waals surface area (Å²) < 4.78 is 41.2. The van der Waals surface area contributed by atoms with Crippen molar-refractivity contribution in [3.63, 3.8) is 0 Å². The van der Waals surface area contributed by atoms with Crippen LogP contribution in [0, 0.1) is 5.41 Å². The molecule has 1 atom stereocenters. The summed E-state index contributed by atoms with van der Waals surface area (Å²) in [5.41, 5.74) is 6.80. The summed E-state index contributed by atoms with van der Waals surface area (Å²) in [6, 6.07) is 4.18. The summed E-state index contributed by atoms with van der Waals surface area (Å²) in [6.45, 7) is 8.43. The van der Waals surface area contributed by atoms with Gasteiger partial charge < -0.3 is 15.2 Å². The molecule has 0 saturated carbocycles. The third kappa shape index (κ3) is 4.81. The topological polar surface area (TPSA) is 64.2 Å². The molecule has 164 valence electrons. The molecule has 2 heterocycles. The van der Waals surface area contributed by atoms with Gasteiger partial charge in [0.1, 0.15) is 0 Å². The second-order valence-corrected chi connectivity index (χ2v) is 8.21. The van der Waals surface area contributed by atoms with Crippen LogP contribution in [0.25, 0.3) is 11.0 Å². The highest BCUT2D eigenvalue weighted by atomic mass is 35.5. The maximum absolute atomic E-state index is 13.3. The van der Waals surface area contributed by atoms with Gasteiger partial charge in [-0.1, -0.05) is 13.8 Å². The number of halogens is 5. The molecule has 3 rings (SSSR count). The van der Waals surface area contributed by atoms with Crippen molar-refractivity contribution in [3.05, 3.63) is 29.6 Å². The first-order valence-corrected chi connectivity index (χ1v) is 9.06. The zero-order valence-corrected chi connectivity index (χ0v) is 18.4. The Morgan fingerprint density at radius 3 is 2.41 bits per heavy atom. The molecule has 1 unspecified atom stereocenters. The number of aromatic nitrogens is 2. The number of nitrogens with zero attached hydrogens (tertiary/aromatic N) is 3. The molecule has 1 aromatic carbocycles. The highest BCUT2D eigenvalue weighted by Gasteiger charge is 2.39. The van der Waals surface area contributed by atoms with Gasteiger partial charge in [0, 0.05) is 30.7 Å². The van der Waals surface area contributed by atoms with Crippen LogP contribution in [-0.4, -0.2) is 39.5 Å². The van der Waals surface area contributed by atoms with Gasteiger partial charge in [0.25, 0.3) is 5.91 Å². The molecule has 1 amide bonds. The van der Waals surface area contributed by atoms with E-state index in [1.54, 1.807) is 30.9 Å². The Labute approximate surface area is 180 Å². The summed E-state index contributed by atoms with van der Waals surface area (Å²) in [6.07, 6.45) is -3.86. The quantitative estimate of drug-likeness (QED) is 0.716. The third-order valence-electron chi connectivity index (χ3n) is 5.31. The summed E-state index contributed by atoms with van der Waals surface area (Å²) in [4.78, 5) is 18.4. The van der Waals surface area contributed by atoms with E-state index in [0.717, 1.165) is 4.57 Å². The number of carbonyl (C=O) groups excluding carboxylic acids is 1. The molecule has 29 heavy (non-hydrogen) atoms. The number of carbonyl (C=O) groups is 1. The van der Waals surface area contributed by atoms with E-state index in [4.69, 9.17) is 5.73 Å². The van der Waals surface area contributed by atoms with Crippen LogP contribution in [0.1, 0.15) is 56.3 Å². The van der Waals surface area contributed by atoms with E-state index in [9.17, 15) is 18.0 Å². The van der Waals surface area contributed by atoms with Crippen LogP contribution in [0.5, 0.6) is 0 Å². The number of alkyl halides is 3. The number of nitrogens with two attached hydrogens (primary N) is 1. The normalized spacial score (nSPS) is 19.1. The number of rotatable bonds is 2. The predicted molar refractivity (Wildman–Crippen MR) is 112 cm³/mol. The van der Waals surface area contributed by atoms with Crippen molar-refractivity contribution >= 4 is 41.8 Å². The molecule has 1 saturated heterocycles. The lowest BCUT2D eigenvalue weighted by Gasteiger charge is -2.42. The van der Waals surface area contributed by atoms with E-state index >= 15 is 0 Å². The summed E-state index contributed by atoms with van der Waals surface area (Å²) in [5, 5.41) is 0. The van der Waals surface area contributed by atoms with Gasteiger partial charge in [0.05, 0.1) is 11.0 Å². The lowest BCUT2D eigenvalue weighted by molar-refractivity contribution is -0.147. The highest BCUT2D eigenvalue weighted by Crippen LogP contribution is 2.34. The number of hydrogen-bond acceptors (Lipinski definition) is 3. The minimum Gasteiger partial charge on any atom is -0.338 e. The van der Waals surface area contributed by atoms with Gasteiger partial charge in [0.2, 0.25) is 5.82 Å². The molecule has 0 spiro atoms. The monoisotopic (exact) mass is 454 g/mol. The first-order chi connectivity index (χ1) is 12.4. The predicted octanol–water partition coefficient (Wildman–Crippen LogP) is 4.68. The Hall–Kier alpha value is -1.51. The van der Waals surface area contributed by atoms with E-state index in [0.29, 0.717) is 30.6 Å².